The number of halogens is 2. The van der Waals surface area contributed by atoms with Crippen molar-refractivity contribution >= 4 is 27.4 Å². The maximum atomic E-state index is 16.7. The molecule has 7 nitrogen and oxygen atoms in total. The van der Waals surface area contributed by atoms with E-state index in [-0.39, 0.29) is 44.8 Å². The molecule has 39 heavy (non-hydrogen) atoms. The zero-order chi connectivity index (χ0) is 26.8. The summed E-state index contributed by atoms with van der Waals surface area (Å²) < 4.78 is 36.8. The standard InChI is InChI=1S/C30H23F2N5O2/c1-2-20-24(31)6-3-15-7-19(38)8-21(25(15)20)29-27(32)26-22(9-33)28(16-13-39-14-16)36-30(23(26)10-34-29)37-11-17-4-5-18(12-37)35-17/h1,3,6-8,10,16-18,35,38H,4-5,11-14H2. The van der Waals surface area contributed by atoms with Gasteiger partial charge in [-0.05, 0) is 36.4 Å². The third kappa shape index (κ3) is 3.62. The van der Waals surface area contributed by atoms with Crippen LogP contribution in [0.15, 0.2) is 30.5 Å². The van der Waals surface area contributed by atoms with Crippen molar-refractivity contribution in [1.29, 1.82) is 5.26 Å². The van der Waals surface area contributed by atoms with Gasteiger partial charge in [0.25, 0.3) is 0 Å². The van der Waals surface area contributed by atoms with E-state index in [0.717, 1.165) is 25.9 Å². The van der Waals surface area contributed by atoms with E-state index in [9.17, 15) is 14.8 Å². The van der Waals surface area contributed by atoms with Gasteiger partial charge in [-0.15, -0.1) is 6.42 Å². The van der Waals surface area contributed by atoms with Gasteiger partial charge in [-0.2, -0.15) is 5.26 Å². The number of benzene rings is 2. The van der Waals surface area contributed by atoms with Crippen LogP contribution in [0.2, 0.25) is 0 Å². The number of hydrogen-bond acceptors (Lipinski definition) is 7. The Kier molecular flexibility index (Phi) is 5.41. The molecule has 2 unspecified atom stereocenters. The van der Waals surface area contributed by atoms with Crippen LogP contribution < -0.4 is 10.2 Å². The molecular formula is C30H23F2N5O2. The Balaban J connectivity index is 1.53. The summed E-state index contributed by atoms with van der Waals surface area (Å²) in [6.45, 7) is 2.24. The average molecular weight is 524 g/mol. The minimum absolute atomic E-state index is 0.0525. The quantitative estimate of drug-likeness (QED) is 0.386. The second kappa shape index (κ2) is 8.88. The zero-order valence-electron chi connectivity index (χ0n) is 20.8. The first-order chi connectivity index (χ1) is 19.0. The van der Waals surface area contributed by atoms with Crippen molar-refractivity contribution in [2.24, 2.45) is 0 Å². The lowest BCUT2D eigenvalue weighted by Crippen LogP contribution is -2.51. The molecule has 0 spiro atoms. The molecule has 0 aliphatic carbocycles. The Morgan fingerprint density at radius 2 is 1.87 bits per heavy atom. The molecule has 5 heterocycles. The fraction of sp³-hybridized carbons (Fsp3) is 0.300. The number of anilines is 1. The lowest BCUT2D eigenvalue weighted by atomic mass is 9.92. The molecule has 7 rings (SSSR count). The lowest BCUT2D eigenvalue weighted by molar-refractivity contribution is 0.00669. The number of fused-ring (bicyclic) bond motifs is 4. The van der Waals surface area contributed by atoms with E-state index in [1.54, 1.807) is 0 Å². The number of aromatic nitrogens is 2. The van der Waals surface area contributed by atoms with E-state index >= 15 is 4.39 Å². The molecular weight excluding hydrogens is 500 g/mol. The first-order valence-electron chi connectivity index (χ1n) is 12.9. The highest BCUT2D eigenvalue weighted by Gasteiger charge is 2.36. The van der Waals surface area contributed by atoms with Crippen LogP contribution in [0.4, 0.5) is 14.6 Å². The molecule has 3 saturated heterocycles. The molecule has 0 amide bonds. The summed E-state index contributed by atoms with van der Waals surface area (Å²) >= 11 is 0. The number of nitriles is 1. The maximum Gasteiger partial charge on any atom is 0.158 e. The monoisotopic (exact) mass is 523 g/mol. The van der Waals surface area contributed by atoms with Crippen molar-refractivity contribution in [2.75, 3.05) is 31.2 Å². The number of nitrogens with one attached hydrogen (secondary N) is 1. The van der Waals surface area contributed by atoms with E-state index < -0.39 is 11.6 Å². The molecule has 194 valence electrons. The van der Waals surface area contributed by atoms with Crippen LogP contribution in [0, 0.1) is 35.3 Å². The molecule has 4 aromatic rings. The summed E-state index contributed by atoms with van der Waals surface area (Å²) in [5.41, 5.74) is 0.602. The number of terminal acetylenes is 1. The van der Waals surface area contributed by atoms with Gasteiger partial charge in [-0.25, -0.2) is 13.8 Å². The van der Waals surface area contributed by atoms with E-state index in [1.807, 2.05) is 0 Å². The molecule has 2 N–H and O–H groups in total. The van der Waals surface area contributed by atoms with Gasteiger partial charge in [-0.1, -0.05) is 12.0 Å². The normalized spacial score (nSPS) is 20.7. The molecule has 2 aromatic carbocycles. The van der Waals surface area contributed by atoms with Gasteiger partial charge >= 0.3 is 0 Å². The number of nitrogens with zero attached hydrogens (tertiary/aromatic N) is 4. The van der Waals surface area contributed by atoms with Crippen molar-refractivity contribution in [3.8, 4) is 35.4 Å². The minimum Gasteiger partial charge on any atom is -0.508 e. The van der Waals surface area contributed by atoms with Crippen molar-refractivity contribution in [1.82, 2.24) is 15.3 Å². The molecule has 2 aromatic heterocycles. The first kappa shape index (κ1) is 23.8. The number of rotatable bonds is 3. The smallest absolute Gasteiger partial charge is 0.158 e. The third-order valence-corrected chi connectivity index (χ3v) is 8.10. The molecule has 2 bridgehead atoms. The van der Waals surface area contributed by atoms with E-state index in [2.05, 4.69) is 27.2 Å². The highest BCUT2D eigenvalue weighted by atomic mass is 19.1. The first-order valence-corrected chi connectivity index (χ1v) is 12.9. The molecule has 3 aliphatic heterocycles. The zero-order valence-corrected chi connectivity index (χ0v) is 20.8. The van der Waals surface area contributed by atoms with Gasteiger partial charge in [0.2, 0.25) is 0 Å². The van der Waals surface area contributed by atoms with Crippen molar-refractivity contribution in [3.05, 3.63) is 58.9 Å². The fourth-order valence-corrected chi connectivity index (χ4v) is 6.21. The van der Waals surface area contributed by atoms with Crippen molar-refractivity contribution < 1.29 is 18.6 Å². The van der Waals surface area contributed by atoms with Gasteiger partial charge in [0.05, 0.1) is 30.0 Å². The number of ether oxygens (including phenoxy) is 1. The third-order valence-electron chi connectivity index (χ3n) is 8.10. The number of piperazine rings is 1. The SMILES string of the molecule is C#Cc1c(F)ccc2cc(O)cc(-c3ncc4c(N5CC6CCC(C5)N6)nc(C5COC5)c(C#N)c4c3F)c12. The Morgan fingerprint density at radius 1 is 1.10 bits per heavy atom. The highest BCUT2D eigenvalue weighted by molar-refractivity contribution is 6.04. The van der Waals surface area contributed by atoms with Crippen LogP contribution >= 0.6 is 0 Å². The summed E-state index contributed by atoms with van der Waals surface area (Å²) in [6, 6.07) is 8.28. The van der Waals surface area contributed by atoms with Gasteiger partial charge < -0.3 is 20.1 Å². The molecule has 0 saturated carbocycles. The molecule has 3 fully saturated rings. The molecule has 9 heteroatoms. The average Bonchev–Trinajstić information content (AvgIpc) is 3.24. The van der Waals surface area contributed by atoms with Crippen LogP contribution in [0.25, 0.3) is 32.8 Å². The van der Waals surface area contributed by atoms with Gasteiger partial charge in [-0.3, -0.25) is 4.98 Å². The molecule has 2 atom stereocenters. The van der Waals surface area contributed by atoms with Gasteiger partial charge in [0.1, 0.15) is 29.1 Å². The predicted molar refractivity (Wildman–Crippen MR) is 142 cm³/mol. The van der Waals surface area contributed by atoms with Crippen LogP contribution in [0.1, 0.15) is 35.6 Å². The summed E-state index contributed by atoms with van der Waals surface area (Å²) in [6.07, 6.45) is 9.29. The largest absolute Gasteiger partial charge is 0.508 e. The van der Waals surface area contributed by atoms with E-state index in [4.69, 9.17) is 16.1 Å². The van der Waals surface area contributed by atoms with Crippen molar-refractivity contribution in [2.45, 2.75) is 30.8 Å². The number of aromatic hydroxyl groups is 1. The maximum absolute atomic E-state index is 16.7. The van der Waals surface area contributed by atoms with Crippen LogP contribution in [0.5, 0.6) is 5.75 Å². The van der Waals surface area contributed by atoms with E-state index in [1.165, 1.54) is 30.5 Å². The van der Waals surface area contributed by atoms with Crippen LogP contribution in [-0.4, -0.2) is 53.5 Å². The molecule has 3 aliphatic rings. The van der Waals surface area contributed by atoms with Crippen molar-refractivity contribution in [3.63, 3.8) is 0 Å². The number of phenols is 1. The Hall–Kier alpha value is -4.31. The Bertz CT molecular complexity index is 1760. The van der Waals surface area contributed by atoms with Crippen LogP contribution in [0.3, 0.4) is 0 Å². The number of phenolic OH excluding ortho intramolecular Hbond substituents is 1. The second-order valence-corrected chi connectivity index (χ2v) is 10.5. The predicted octanol–water partition coefficient (Wildman–Crippen LogP) is 4.34. The summed E-state index contributed by atoms with van der Waals surface area (Å²) in [5, 5.41) is 25.5. The van der Waals surface area contributed by atoms with Gasteiger partial charge in [0.15, 0.2) is 5.82 Å². The summed E-state index contributed by atoms with van der Waals surface area (Å²) in [4.78, 5) is 11.6. The number of pyridine rings is 2. The lowest BCUT2D eigenvalue weighted by Gasteiger charge is -2.35. The summed E-state index contributed by atoms with van der Waals surface area (Å²) in [7, 11) is 0. The fourth-order valence-electron chi connectivity index (χ4n) is 6.21. The second-order valence-electron chi connectivity index (χ2n) is 10.5. The van der Waals surface area contributed by atoms with Gasteiger partial charge in [0, 0.05) is 59.0 Å². The summed E-state index contributed by atoms with van der Waals surface area (Å²) in [5.74, 6) is 1.30. The Labute approximate surface area is 223 Å². The van der Waals surface area contributed by atoms with E-state index in [0.29, 0.717) is 47.6 Å². The highest BCUT2D eigenvalue weighted by Crippen LogP contribution is 2.42. The topological polar surface area (TPSA) is 94.3 Å². The number of hydrogen-bond donors (Lipinski definition) is 2. The minimum atomic E-state index is -0.744. The Morgan fingerprint density at radius 3 is 2.54 bits per heavy atom. The van der Waals surface area contributed by atoms with Crippen LogP contribution in [-0.2, 0) is 4.74 Å². The molecule has 0 radical (unpaired) electrons.